The summed E-state index contributed by atoms with van der Waals surface area (Å²) >= 11 is 0. The smallest absolute Gasteiger partial charge is 0.195 e. The first-order valence-corrected chi connectivity index (χ1v) is 11.3. The van der Waals surface area contributed by atoms with Gasteiger partial charge in [0.25, 0.3) is 0 Å². The second kappa shape index (κ2) is 10.1. The van der Waals surface area contributed by atoms with Gasteiger partial charge in [0.2, 0.25) is 0 Å². The van der Waals surface area contributed by atoms with Gasteiger partial charge in [0, 0.05) is 5.56 Å². The van der Waals surface area contributed by atoms with Crippen molar-refractivity contribution in [1.82, 2.24) is 0 Å². The van der Waals surface area contributed by atoms with Crippen molar-refractivity contribution in [3.63, 3.8) is 0 Å². The molecule has 0 spiro atoms. The van der Waals surface area contributed by atoms with E-state index in [4.69, 9.17) is 0 Å². The highest BCUT2D eigenvalue weighted by Crippen LogP contribution is 2.36. The molecule has 0 saturated heterocycles. The fourth-order valence-electron chi connectivity index (χ4n) is 4.24. The topological polar surface area (TPSA) is 0 Å². The van der Waals surface area contributed by atoms with Crippen LogP contribution in [0.3, 0.4) is 0 Å². The zero-order chi connectivity index (χ0) is 25.3. The van der Waals surface area contributed by atoms with E-state index in [1.165, 1.54) is 12.1 Å². The zero-order valence-corrected chi connectivity index (χ0v) is 18.8. The van der Waals surface area contributed by atoms with Crippen molar-refractivity contribution in [2.45, 2.75) is 39.0 Å². The van der Waals surface area contributed by atoms with E-state index < -0.39 is 57.1 Å². The molecule has 35 heavy (non-hydrogen) atoms. The largest absolute Gasteiger partial charge is 0.206 e. The summed E-state index contributed by atoms with van der Waals surface area (Å²) in [5.41, 5.74) is -0.282. The number of halogens is 7. The third-order valence-electron chi connectivity index (χ3n) is 6.02. The Kier molecular flexibility index (Phi) is 7.15. The lowest BCUT2D eigenvalue weighted by atomic mass is 9.95. The summed E-state index contributed by atoms with van der Waals surface area (Å²) in [5, 5.41) is -1.23. The van der Waals surface area contributed by atoms with E-state index in [2.05, 4.69) is 6.92 Å². The van der Waals surface area contributed by atoms with Gasteiger partial charge in [-0.2, -0.15) is 0 Å². The van der Waals surface area contributed by atoms with Crippen LogP contribution in [0.25, 0.3) is 33.0 Å². The number of benzene rings is 4. The first-order chi connectivity index (χ1) is 16.7. The summed E-state index contributed by atoms with van der Waals surface area (Å²) in [5.74, 6) is -9.32. The van der Waals surface area contributed by atoms with Crippen LogP contribution in [0, 0.1) is 40.7 Å². The molecule has 0 nitrogen and oxygen atoms in total. The average molecular weight is 490 g/mol. The minimum absolute atomic E-state index is 0.00373. The van der Waals surface area contributed by atoms with Crippen LogP contribution in [0.15, 0.2) is 48.5 Å². The maximum absolute atomic E-state index is 15.0. The third kappa shape index (κ3) is 4.90. The molecule has 4 aromatic rings. The highest BCUT2D eigenvalue weighted by molar-refractivity contribution is 5.89. The number of hydrogen-bond donors (Lipinski definition) is 0. The van der Waals surface area contributed by atoms with Gasteiger partial charge in [0.15, 0.2) is 17.5 Å². The van der Waals surface area contributed by atoms with E-state index in [-0.39, 0.29) is 16.7 Å². The number of hydrogen-bond acceptors (Lipinski definition) is 0. The van der Waals surface area contributed by atoms with Crippen LogP contribution in [0.5, 0.6) is 0 Å². The Bertz CT molecular complexity index is 1390. The standard InChI is InChI=1S/C28H21F7/c1-2-3-4-5-6-15-7-8-19(20(29)9-15)16-11-21(30)25(22(31)12-16)17-10-18-14-24(33)27(34)28(35)26(18)23(32)13-17/h7-14H,2-6H2,1H3. The summed E-state index contributed by atoms with van der Waals surface area (Å²) < 4.78 is 100. The zero-order valence-electron chi connectivity index (χ0n) is 18.8. The monoisotopic (exact) mass is 490 g/mol. The third-order valence-corrected chi connectivity index (χ3v) is 6.02. The van der Waals surface area contributed by atoms with Gasteiger partial charge in [-0.25, -0.2) is 30.7 Å². The molecule has 4 aromatic carbocycles. The van der Waals surface area contributed by atoms with E-state index in [0.717, 1.165) is 49.4 Å². The number of aryl methyl sites for hydroxylation is 1. The minimum Gasteiger partial charge on any atom is -0.206 e. The van der Waals surface area contributed by atoms with Crippen molar-refractivity contribution >= 4 is 10.8 Å². The number of fused-ring (bicyclic) bond motifs is 1. The molecule has 0 radical (unpaired) electrons. The van der Waals surface area contributed by atoms with Crippen molar-refractivity contribution in [2.75, 3.05) is 0 Å². The highest BCUT2D eigenvalue weighted by atomic mass is 19.2. The predicted molar refractivity (Wildman–Crippen MR) is 122 cm³/mol. The van der Waals surface area contributed by atoms with Gasteiger partial charge in [-0.15, -0.1) is 0 Å². The van der Waals surface area contributed by atoms with Gasteiger partial charge in [0.05, 0.1) is 10.9 Å². The highest BCUT2D eigenvalue weighted by Gasteiger charge is 2.21. The van der Waals surface area contributed by atoms with E-state index in [9.17, 15) is 30.7 Å². The Hall–Kier alpha value is -3.35. The van der Waals surface area contributed by atoms with Crippen LogP contribution in [0.2, 0.25) is 0 Å². The van der Waals surface area contributed by atoms with Crippen LogP contribution in [-0.4, -0.2) is 0 Å². The summed E-state index contributed by atoms with van der Waals surface area (Å²) in [6.07, 6.45) is 4.80. The quantitative estimate of drug-likeness (QED) is 0.138. The lowest BCUT2D eigenvalue weighted by Gasteiger charge is -2.12. The van der Waals surface area contributed by atoms with Crippen molar-refractivity contribution in [1.29, 1.82) is 0 Å². The predicted octanol–water partition coefficient (Wildman–Crippen LogP) is 9.27. The van der Waals surface area contributed by atoms with E-state index >= 15 is 0 Å². The Labute approximate surface area is 198 Å². The second-order valence-corrected chi connectivity index (χ2v) is 8.48. The molecule has 0 atom stereocenters. The summed E-state index contributed by atoms with van der Waals surface area (Å²) in [6, 6.07) is 8.45. The van der Waals surface area contributed by atoms with Crippen molar-refractivity contribution < 1.29 is 30.7 Å². The molecule has 0 unspecified atom stereocenters. The molecule has 0 aliphatic rings. The normalized spacial score (nSPS) is 11.4. The molecule has 0 heterocycles. The van der Waals surface area contributed by atoms with E-state index in [1.54, 1.807) is 6.07 Å². The molecule has 7 heteroatoms. The molecule has 4 rings (SSSR count). The Morgan fingerprint density at radius 3 is 1.91 bits per heavy atom. The molecule has 0 saturated carbocycles. The lowest BCUT2D eigenvalue weighted by molar-refractivity contribution is 0.451. The van der Waals surface area contributed by atoms with Gasteiger partial charge >= 0.3 is 0 Å². The van der Waals surface area contributed by atoms with Gasteiger partial charge in [-0.05, 0) is 71.3 Å². The minimum atomic E-state index is -1.85. The summed E-state index contributed by atoms with van der Waals surface area (Å²) in [4.78, 5) is 0. The van der Waals surface area contributed by atoms with Crippen LogP contribution in [0.1, 0.15) is 38.2 Å². The van der Waals surface area contributed by atoms with Gasteiger partial charge in [0.1, 0.15) is 23.3 Å². The van der Waals surface area contributed by atoms with Gasteiger partial charge in [-0.1, -0.05) is 38.3 Å². The Balaban J connectivity index is 1.71. The second-order valence-electron chi connectivity index (χ2n) is 8.48. The molecule has 0 aromatic heterocycles. The Morgan fingerprint density at radius 2 is 1.26 bits per heavy atom. The van der Waals surface area contributed by atoms with Crippen molar-refractivity contribution in [2.24, 2.45) is 0 Å². The first kappa shape index (κ1) is 24.8. The van der Waals surface area contributed by atoms with Crippen molar-refractivity contribution in [3.8, 4) is 22.3 Å². The lowest BCUT2D eigenvalue weighted by Crippen LogP contribution is -1.98. The van der Waals surface area contributed by atoms with E-state index in [1.807, 2.05) is 0 Å². The number of rotatable bonds is 7. The van der Waals surface area contributed by atoms with E-state index in [0.29, 0.717) is 18.6 Å². The van der Waals surface area contributed by atoms with Crippen LogP contribution >= 0.6 is 0 Å². The maximum atomic E-state index is 15.0. The molecule has 182 valence electrons. The maximum Gasteiger partial charge on any atom is 0.195 e. The van der Waals surface area contributed by atoms with Gasteiger partial charge in [-0.3, -0.25) is 0 Å². The fraction of sp³-hybridized carbons (Fsp3) is 0.214. The van der Waals surface area contributed by atoms with Crippen LogP contribution in [0.4, 0.5) is 30.7 Å². The SMILES string of the molecule is CCCCCCc1ccc(-c2cc(F)c(-c3cc(F)c4c(F)c(F)c(F)cc4c3)c(F)c2)c(F)c1. The number of unbranched alkanes of at least 4 members (excludes halogenated alkanes) is 3. The van der Waals surface area contributed by atoms with Crippen molar-refractivity contribution in [3.05, 3.63) is 94.8 Å². The first-order valence-electron chi connectivity index (χ1n) is 11.3. The molecular weight excluding hydrogens is 469 g/mol. The average Bonchev–Trinajstić information content (AvgIpc) is 2.79. The van der Waals surface area contributed by atoms with Crippen LogP contribution in [-0.2, 0) is 6.42 Å². The molecule has 0 amide bonds. The van der Waals surface area contributed by atoms with Gasteiger partial charge < -0.3 is 0 Å². The Morgan fingerprint density at radius 1 is 0.571 bits per heavy atom. The molecule has 0 bridgehead atoms. The molecule has 0 aliphatic carbocycles. The molecule has 0 fully saturated rings. The molecule has 0 aliphatic heterocycles. The molecular formula is C28H21F7. The fourth-order valence-corrected chi connectivity index (χ4v) is 4.24. The summed E-state index contributed by atoms with van der Waals surface area (Å²) in [6.45, 7) is 2.09. The van der Waals surface area contributed by atoms with Crippen LogP contribution < -0.4 is 0 Å². The molecule has 0 N–H and O–H groups in total. The summed E-state index contributed by atoms with van der Waals surface area (Å²) in [7, 11) is 0.